The van der Waals surface area contributed by atoms with Gasteiger partial charge in [-0.05, 0) is 36.1 Å². The van der Waals surface area contributed by atoms with Crippen LogP contribution in [0, 0.1) is 5.92 Å². The summed E-state index contributed by atoms with van der Waals surface area (Å²) in [5.41, 5.74) is 2.50. The van der Waals surface area contributed by atoms with Gasteiger partial charge >= 0.3 is 0 Å². The molecule has 2 aliphatic rings. The number of halogens is 2. The maximum absolute atomic E-state index is 14.2. The minimum atomic E-state index is -0.575. The third-order valence-electron chi connectivity index (χ3n) is 6.40. The summed E-state index contributed by atoms with van der Waals surface area (Å²) in [6.07, 6.45) is 3.59. The van der Waals surface area contributed by atoms with Gasteiger partial charge < -0.3 is 9.64 Å². The third kappa shape index (κ3) is 4.07. The van der Waals surface area contributed by atoms with E-state index >= 15 is 0 Å². The lowest BCUT2D eigenvalue weighted by atomic mass is 9.83. The van der Waals surface area contributed by atoms with Gasteiger partial charge in [0.25, 0.3) is 0 Å². The number of likely N-dealkylation sites (tertiary alicyclic amines) is 1. The summed E-state index contributed by atoms with van der Waals surface area (Å²) >= 11 is 12.6. The van der Waals surface area contributed by atoms with Crippen molar-refractivity contribution < 1.29 is 9.53 Å². The van der Waals surface area contributed by atoms with Crippen molar-refractivity contribution in [1.82, 2.24) is 14.7 Å². The van der Waals surface area contributed by atoms with Crippen molar-refractivity contribution in [1.29, 1.82) is 0 Å². The van der Waals surface area contributed by atoms with Gasteiger partial charge in [0.2, 0.25) is 5.91 Å². The van der Waals surface area contributed by atoms with E-state index in [0.29, 0.717) is 29.0 Å². The first kappa shape index (κ1) is 22.1. The molecule has 6 nitrogen and oxygen atoms in total. The first-order valence-corrected chi connectivity index (χ1v) is 11.8. The summed E-state index contributed by atoms with van der Waals surface area (Å²) in [5, 5.41) is 5.46. The Balaban J connectivity index is 1.67. The Labute approximate surface area is 202 Å². The molecule has 33 heavy (non-hydrogen) atoms. The molecule has 0 bridgehead atoms. The Morgan fingerprint density at radius 3 is 2.70 bits per heavy atom. The van der Waals surface area contributed by atoms with Gasteiger partial charge in [-0.25, -0.2) is 9.67 Å². The normalized spacial score (nSPS) is 22.2. The average molecular weight is 483 g/mol. The van der Waals surface area contributed by atoms with E-state index in [-0.39, 0.29) is 11.9 Å². The number of hydrogen-bond acceptors (Lipinski definition) is 4. The summed E-state index contributed by atoms with van der Waals surface area (Å²) < 4.78 is 7.23. The molecule has 1 saturated heterocycles. The lowest BCUT2D eigenvalue weighted by molar-refractivity contribution is -0.136. The Kier molecular flexibility index (Phi) is 6.23. The largest absolute Gasteiger partial charge is 0.383 e. The van der Waals surface area contributed by atoms with Gasteiger partial charge in [-0.15, -0.1) is 0 Å². The highest BCUT2D eigenvalue weighted by molar-refractivity contribution is 6.42. The molecule has 2 unspecified atom stereocenters. The fourth-order valence-corrected chi connectivity index (χ4v) is 5.21. The molecular formula is C25H24Cl2N4O2. The minimum Gasteiger partial charge on any atom is -0.383 e. The molecule has 1 amide bonds. The highest BCUT2D eigenvalue weighted by Gasteiger charge is 2.44. The van der Waals surface area contributed by atoms with Crippen LogP contribution in [0.15, 0.2) is 65.8 Å². The van der Waals surface area contributed by atoms with Gasteiger partial charge in [0.15, 0.2) is 5.82 Å². The van der Waals surface area contributed by atoms with Crippen LogP contribution in [-0.2, 0) is 9.53 Å². The molecule has 0 aliphatic carbocycles. The lowest BCUT2D eigenvalue weighted by Gasteiger charge is -2.36. The van der Waals surface area contributed by atoms with Crippen LogP contribution in [0.2, 0.25) is 10.0 Å². The summed E-state index contributed by atoms with van der Waals surface area (Å²) in [4.78, 5) is 21.1. The number of amides is 1. The quantitative estimate of drug-likeness (QED) is 0.503. The van der Waals surface area contributed by atoms with E-state index in [1.165, 1.54) is 0 Å². The number of carbonyl (C=O) groups is 1. The summed E-state index contributed by atoms with van der Waals surface area (Å²) in [7, 11) is 1.67. The Morgan fingerprint density at radius 2 is 1.94 bits per heavy atom. The summed E-state index contributed by atoms with van der Waals surface area (Å²) in [6, 6.07) is 16.9. The van der Waals surface area contributed by atoms with E-state index in [2.05, 4.69) is 5.10 Å². The van der Waals surface area contributed by atoms with Gasteiger partial charge in [0.05, 0.1) is 40.6 Å². The predicted octanol–water partition coefficient (Wildman–Crippen LogP) is 5.17. The topological polar surface area (TPSA) is 59.7 Å². The van der Waals surface area contributed by atoms with E-state index in [1.54, 1.807) is 19.4 Å². The average Bonchev–Trinajstić information content (AvgIpc) is 3.49. The maximum atomic E-state index is 14.2. The van der Waals surface area contributed by atoms with Crippen LogP contribution in [0.1, 0.15) is 30.0 Å². The van der Waals surface area contributed by atoms with E-state index in [1.807, 2.05) is 58.1 Å². The summed E-state index contributed by atoms with van der Waals surface area (Å²) in [6.45, 7) is 1.21. The van der Waals surface area contributed by atoms with Gasteiger partial charge in [-0.1, -0.05) is 59.6 Å². The molecule has 0 radical (unpaired) electrons. The van der Waals surface area contributed by atoms with Crippen LogP contribution in [0.4, 0.5) is 5.82 Å². The highest BCUT2D eigenvalue weighted by atomic mass is 35.5. The smallest absolute Gasteiger partial charge is 0.234 e. The van der Waals surface area contributed by atoms with Gasteiger partial charge in [-0.3, -0.25) is 4.79 Å². The van der Waals surface area contributed by atoms with Crippen LogP contribution < -0.4 is 0 Å². The number of ether oxygens (including phenoxy) is 1. The molecule has 2 aliphatic heterocycles. The number of aliphatic imine (C=N–C) groups is 1. The molecule has 170 valence electrons. The van der Waals surface area contributed by atoms with Crippen molar-refractivity contribution >= 4 is 40.6 Å². The number of methoxy groups -OCH3 is 1. The van der Waals surface area contributed by atoms with Crippen LogP contribution in [0.3, 0.4) is 0 Å². The SMILES string of the molecule is COC[C@@H]1CCCN1C(=O)C1C(c2ccccc2)=Nc2ccnn2C1c1ccc(Cl)c(Cl)c1. The molecule has 2 aromatic carbocycles. The number of rotatable bonds is 5. The van der Waals surface area contributed by atoms with Crippen molar-refractivity contribution in [3.05, 3.63) is 82.0 Å². The number of benzene rings is 2. The zero-order valence-electron chi connectivity index (χ0n) is 18.2. The van der Waals surface area contributed by atoms with E-state index < -0.39 is 12.0 Å². The third-order valence-corrected chi connectivity index (χ3v) is 7.14. The van der Waals surface area contributed by atoms with E-state index in [9.17, 15) is 4.79 Å². The van der Waals surface area contributed by atoms with E-state index in [0.717, 1.165) is 29.7 Å². The second-order valence-electron chi connectivity index (χ2n) is 8.38. The number of hydrogen-bond donors (Lipinski definition) is 0. The molecule has 5 rings (SSSR count). The standard InChI is InChI=1S/C25H24Cl2N4O2/c1-33-15-18-8-5-13-30(18)25(32)22-23(16-6-3-2-4-7-16)29-21-11-12-28-31(21)24(22)17-9-10-19(26)20(27)14-17/h2-4,6-7,9-12,14,18,22,24H,5,8,13,15H2,1H3/t18-,22?,24?/m0/s1. The second-order valence-corrected chi connectivity index (χ2v) is 9.19. The van der Waals surface area contributed by atoms with Gasteiger partial charge in [0.1, 0.15) is 5.92 Å². The number of carbonyl (C=O) groups excluding carboxylic acids is 1. The van der Waals surface area contributed by atoms with Crippen LogP contribution in [-0.4, -0.2) is 52.6 Å². The molecule has 1 aromatic heterocycles. The first-order valence-electron chi connectivity index (χ1n) is 11.0. The zero-order valence-corrected chi connectivity index (χ0v) is 19.7. The van der Waals surface area contributed by atoms with Crippen molar-refractivity contribution in [2.75, 3.05) is 20.3 Å². The van der Waals surface area contributed by atoms with Crippen LogP contribution in [0.5, 0.6) is 0 Å². The molecule has 1 fully saturated rings. The molecule has 0 N–H and O–H groups in total. The molecular weight excluding hydrogens is 459 g/mol. The minimum absolute atomic E-state index is 0.0226. The second kappa shape index (κ2) is 9.29. The maximum Gasteiger partial charge on any atom is 0.234 e. The molecule has 3 aromatic rings. The lowest BCUT2D eigenvalue weighted by Crippen LogP contribution is -2.48. The highest BCUT2D eigenvalue weighted by Crippen LogP contribution is 2.41. The fourth-order valence-electron chi connectivity index (χ4n) is 4.90. The van der Waals surface area contributed by atoms with Crippen LogP contribution >= 0.6 is 23.2 Å². The Morgan fingerprint density at radius 1 is 1.12 bits per heavy atom. The van der Waals surface area contributed by atoms with E-state index in [4.69, 9.17) is 32.9 Å². The van der Waals surface area contributed by atoms with Crippen molar-refractivity contribution in [3.63, 3.8) is 0 Å². The predicted molar refractivity (Wildman–Crippen MR) is 130 cm³/mol. The van der Waals surface area contributed by atoms with Gasteiger partial charge in [-0.2, -0.15) is 5.10 Å². The molecule has 0 spiro atoms. The van der Waals surface area contributed by atoms with Crippen LogP contribution in [0.25, 0.3) is 0 Å². The molecule has 3 atom stereocenters. The molecule has 0 saturated carbocycles. The Bertz CT molecular complexity index is 1190. The zero-order chi connectivity index (χ0) is 22.9. The van der Waals surface area contributed by atoms with Crippen molar-refractivity contribution in [2.45, 2.75) is 24.9 Å². The number of nitrogens with zero attached hydrogens (tertiary/aromatic N) is 4. The number of fused-ring (bicyclic) bond motifs is 1. The Hall–Kier alpha value is -2.67. The molecule has 3 heterocycles. The van der Waals surface area contributed by atoms with Crippen molar-refractivity contribution in [3.8, 4) is 0 Å². The first-order chi connectivity index (χ1) is 16.1. The fraction of sp³-hybridized carbons (Fsp3) is 0.320. The molecule has 8 heteroatoms. The monoisotopic (exact) mass is 482 g/mol. The summed E-state index contributed by atoms with van der Waals surface area (Å²) in [5.74, 6) is 0.146. The van der Waals surface area contributed by atoms with Gasteiger partial charge in [0, 0.05) is 19.7 Å². The van der Waals surface area contributed by atoms with Crippen molar-refractivity contribution in [2.24, 2.45) is 10.9 Å². The number of aromatic nitrogens is 2.